The predicted molar refractivity (Wildman–Crippen MR) is 53.6 cm³/mol. The average molecular weight is 183 g/mol. The largest absolute Gasteiger partial charge is 0.396 e. The third kappa shape index (κ3) is 2.44. The molecule has 2 aliphatic rings. The minimum Gasteiger partial charge on any atom is -0.396 e. The predicted octanol–water partition coefficient (Wildman–Crippen LogP) is 1.54. The second-order valence-electron chi connectivity index (χ2n) is 4.91. The lowest BCUT2D eigenvalue weighted by Crippen LogP contribution is -2.27. The molecule has 0 amide bonds. The van der Waals surface area contributed by atoms with E-state index in [0.29, 0.717) is 6.61 Å². The molecular weight excluding hydrogens is 162 g/mol. The summed E-state index contributed by atoms with van der Waals surface area (Å²) in [5.41, 5.74) is 0.282. The topological polar surface area (TPSA) is 32.3 Å². The van der Waals surface area contributed by atoms with Gasteiger partial charge in [-0.15, -0.1) is 0 Å². The van der Waals surface area contributed by atoms with Gasteiger partial charge in [0.15, 0.2) is 0 Å². The lowest BCUT2D eigenvalue weighted by Gasteiger charge is -2.30. The Hall–Kier alpha value is -0.0800. The minimum atomic E-state index is 0.282. The number of aliphatic hydroxyl groups is 1. The standard InChI is InChI=1S/C11H21NO/c13-9-11(8-10-2-3-10)4-1-6-12-7-5-11/h10,12-13H,1-9H2. The summed E-state index contributed by atoms with van der Waals surface area (Å²) in [6, 6.07) is 0. The summed E-state index contributed by atoms with van der Waals surface area (Å²) in [4.78, 5) is 0. The smallest absolute Gasteiger partial charge is 0.0488 e. The molecule has 2 N–H and O–H groups in total. The normalized spacial score (nSPS) is 35.8. The van der Waals surface area contributed by atoms with Gasteiger partial charge in [0, 0.05) is 6.61 Å². The second-order valence-corrected chi connectivity index (χ2v) is 4.91. The van der Waals surface area contributed by atoms with E-state index in [2.05, 4.69) is 5.32 Å². The molecule has 1 atom stereocenters. The van der Waals surface area contributed by atoms with Crippen LogP contribution in [0.3, 0.4) is 0 Å². The Kier molecular flexibility index (Phi) is 2.89. The Morgan fingerprint density at radius 1 is 1.23 bits per heavy atom. The number of hydrogen-bond donors (Lipinski definition) is 2. The minimum absolute atomic E-state index is 0.282. The van der Waals surface area contributed by atoms with Crippen molar-refractivity contribution in [2.75, 3.05) is 19.7 Å². The molecule has 2 heteroatoms. The third-order valence-corrected chi connectivity index (χ3v) is 3.65. The van der Waals surface area contributed by atoms with Crippen LogP contribution in [0, 0.1) is 11.3 Å². The molecule has 1 saturated heterocycles. The maximum absolute atomic E-state index is 9.52. The molecule has 2 fully saturated rings. The summed E-state index contributed by atoms with van der Waals surface area (Å²) in [7, 11) is 0. The van der Waals surface area contributed by atoms with Crippen molar-refractivity contribution < 1.29 is 5.11 Å². The SMILES string of the molecule is OCC1(CC2CC2)CCCNCC1. The first kappa shape index (κ1) is 9.47. The summed E-state index contributed by atoms with van der Waals surface area (Å²) in [6.45, 7) is 2.66. The van der Waals surface area contributed by atoms with Crippen molar-refractivity contribution in [3.05, 3.63) is 0 Å². The fourth-order valence-electron chi connectivity index (χ4n) is 2.55. The first-order chi connectivity index (χ1) is 6.35. The summed E-state index contributed by atoms with van der Waals surface area (Å²) in [5.74, 6) is 0.949. The number of hydrogen-bond acceptors (Lipinski definition) is 2. The van der Waals surface area contributed by atoms with Gasteiger partial charge in [0.2, 0.25) is 0 Å². The van der Waals surface area contributed by atoms with Crippen molar-refractivity contribution in [3.8, 4) is 0 Å². The molecule has 1 heterocycles. The Morgan fingerprint density at radius 2 is 2.08 bits per heavy atom. The highest BCUT2D eigenvalue weighted by Crippen LogP contribution is 2.44. The molecule has 0 spiro atoms. The van der Waals surface area contributed by atoms with Crippen LogP contribution in [0.25, 0.3) is 0 Å². The molecule has 2 nitrogen and oxygen atoms in total. The monoisotopic (exact) mass is 183 g/mol. The van der Waals surface area contributed by atoms with Gasteiger partial charge in [-0.25, -0.2) is 0 Å². The second kappa shape index (κ2) is 3.97. The van der Waals surface area contributed by atoms with Crippen LogP contribution < -0.4 is 5.32 Å². The van der Waals surface area contributed by atoms with Gasteiger partial charge in [0.05, 0.1) is 0 Å². The van der Waals surface area contributed by atoms with E-state index < -0.39 is 0 Å². The van der Waals surface area contributed by atoms with Crippen LogP contribution >= 0.6 is 0 Å². The first-order valence-electron chi connectivity index (χ1n) is 5.66. The van der Waals surface area contributed by atoms with Gasteiger partial charge >= 0.3 is 0 Å². The zero-order valence-corrected chi connectivity index (χ0v) is 8.39. The van der Waals surface area contributed by atoms with Crippen LogP contribution in [-0.2, 0) is 0 Å². The molecular formula is C11H21NO. The van der Waals surface area contributed by atoms with E-state index in [0.717, 1.165) is 19.0 Å². The van der Waals surface area contributed by atoms with Gasteiger partial charge < -0.3 is 10.4 Å². The Morgan fingerprint density at radius 3 is 2.77 bits per heavy atom. The van der Waals surface area contributed by atoms with Crippen molar-refractivity contribution >= 4 is 0 Å². The van der Waals surface area contributed by atoms with E-state index >= 15 is 0 Å². The summed E-state index contributed by atoms with van der Waals surface area (Å²) in [6.07, 6.45) is 7.76. The Balaban J connectivity index is 1.92. The Bertz CT molecular complexity index is 157. The highest BCUT2D eigenvalue weighted by molar-refractivity contribution is 4.88. The maximum Gasteiger partial charge on any atom is 0.0488 e. The fourth-order valence-corrected chi connectivity index (χ4v) is 2.55. The van der Waals surface area contributed by atoms with E-state index in [9.17, 15) is 5.11 Å². The van der Waals surface area contributed by atoms with Gasteiger partial charge in [-0.2, -0.15) is 0 Å². The van der Waals surface area contributed by atoms with E-state index in [1.807, 2.05) is 0 Å². The summed E-state index contributed by atoms with van der Waals surface area (Å²) in [5, 5.41) is 12.9. The van der Waals surface area contributed by atoms with Crippen molar-refractivity contribution in [2.45, 2.75) is 38.5 Å². The quantitative estimate of drug-likeness (QED) is 0.695. The molecule has 0 aromatic heterocycles. The van der Waals surface area contributed by atoms with Crippen molar-refractivity contribution in [1.29, 1.82) is 0 Å². The average Bonchev–Trinajstić information content (AvgIpc) is 2.94. The number of rotatable bonds is 3. The molecule has 1 aliphatic carbocycles. The molecule has 13 heavy (non-hydrogen) atoms. The highest BCUT2D eigenvalue weighted by Gasteiger charge is 2.36. The molecule has 1 aliphatic heterocycles. The van der Waals surface area contributed by atoms with E-state index in [4.69, 9.17) is 0 Å². The van der Waals surface area contributed by atoms with E-state index in [-0.39, 0.29) is 5.41 Å². The third-order valence-electron chi connectivity index (χ3n) is 3.65. The molecule has 1 unspecified atom stereocenters. The molecule has 0 aromatic rings. The molecule has 0 bridgehead atoms. The first-order valence-corrected chi connectivity index (χ1v) is 5.66. The summed E-state index contributed by atoms with van der Waals surface area (Å²) < 4.78 is 0. The van der Waals surface area contributed by atoms with Gasteiger partial charge in [0.1, 0.15) is 0 Å². The zero-order chi connectivity index (χ0) is 9.15. The Labute approximate surface area is 80.7 Å². The lowest BCUT2D eigenvalue weighted by molar-refractivity contribution is 0.0946. The number of aliphatic hydroxyl groups excluding tert-OH is 1. The van der Waals surface area contributed by atoms with E-state index in [1.165, 1.54) is 38.5 Å². The van der Waals surface area contributed by atoms with Crippen molar-refractivity contribution in [1.82, 2.24) is 5.32 Å². The van der Waals surface area contributed by atoms with Crippen LogP contribution in [0.4, 0.5) is 0 Å². The van der Waals surface area contributed by atoms with Gasteiger partial charge in [0.25, 0.3) is 0 Å². The molecule has 76 valence electrons. The summed E-state index contributed by atoms with van der Waals surface area (Å²) >= 11 is 0. The lowest BCUT2D eigenvalue weighted by atomic mass is 9.77. The molecule has 0 aromatic carbocycles. The molecule has 2 rings (SSSR count). The van der Waals surface area contributed by atoms with Gasteiger partial charge in [-0.05, 0) is 50.1 Å². The van der Waals surface area contributed by atoms with Crippen LogP contribution in [0.2, 0.25) is 0 Å². The molecule has 0 radical (unpaired) electrons. The van der Waals surface area contributed by atoms with Gasteiger partial charge in [-0.1, -0.05) is 12.8 Å². The van der Waals surface area contributed by atoms with Crippen molar-refractivity contribution in [3.63, 3.8) is 0 Å². The number of nitrogens with one attached hydrogen (secondary N) is 1. The van der Waals surface area contributed by atoms with Crippen LogP contribution in [-0.4, -0.2) is 24.8 Å². The van der Waals surface area contributed by atoms with Crippen LogP contribution in [0.15, 0.2) is 0 Å². The van der Waals surface area contributed by atoms with Crippen molar-refractivity contribution in [2.24, 2.45) is 11.3 Å². The van der Waals surface area contributed by atoms with Gasteiger partial charge in [-0.3, -0.25) is 0 Å². The molecule has 1 saturated carbocycles. The maximum atomic E-state index is 9.52. The highest BCUT2D eigenvalue weighted by atomic mass is 16.3. The van der Waals surface area contributed by atoms with Crippen LogP contribution in [0.1, 0.15) is 38.5 Å². The van der Waals surface area contributed by atoms with Crippen LogP contribution in [0.5, 0.6) is 0 Å². The zero-order valence-electron chi connectivity index (χ0n) is 8.39. The fraction of sp³-hybridized carbons (Fsp3) is 1.00. The van der Waals surface area contributed by atoms with E-state index in [1.54, 1.807) is 0 Å².